The fourth-order valence-electron chi connectivity index (χ4n) is 2.61. The zero-order valence-corrected chi connectivity index (χ0v) is 15.2. The Kier molecular flexibility index (Phi) is 6.05. The Hall–Kier alpha value is -1.91. The largest absolute Gasteiger partial charge is 0.493 e. The molecule has 0 saturated heterocycles. The second-order valence-electron chi connectivity index (χ2n) is 5.82. The van der Waals surface area contributed by atoms with Gasteiger partial charge in [-0.05, 0) is 55.2 Å². The van der Waals surface area contributed by atoms with Gasteiger partial charge >= 0.3 is 0 Å². The molecule has 0 aliphatic carbocycles. The van der Waals surface area contributed by atoms with Crippen LogP contribution in [0.2, 0.25) is 10.0 Å². The minimum Gasteiger partial charge on any atom is -0.493 e. The average Bonchev–Trinajstić information content (AvgIpc) is 2.59. The third-order valence-electron chi connectivity index (χ3n) is 3.94. The van der Waals surface area contributed by atoms with E-state index < -0.39 is 0 Å². The van der Waals surface area contributed by atoms with Gasteiger partial charge < -0.3 is 14.8 Å². The highest BCUT2D eigenvalue weighted by atomic mass is 35.5. The van der Waals surface area contributed by atoms with E-state index >= 15 is 0 Å². The molecular weight excluding hydrogens is 361 g/mol. The van der Waals surface area contributed by atoms with Crippen molar-refractivity contribution in [3.63, 3.8) is 0 Å². The monoisotopic (exact) mass is 379 g/mol. The first kappa shape index (κ1) is 17.9. The number of ether oxygens (including phenoxy) is 2. The number of amides is 1. The first-order chi connectivity index (χ1) is 12.1. The summed E-state index contributed by atoms with van der Waals surface area (Å²) >= 11 is 12.3. The number of carbonyl (C=O) groups is 1. The Morgan fingerprint density at radius 1 is 0.920 bits per heavy atom. The van der Waals surface area contributed by atoms with E-state index in [2.05, 4.69) is 5.32 Å². The zero-order chi connectivity index (χ0) is 17.6. The van der Waals surface area contributed by atoms with Crippen molar-refractivity contribution in [1.29, 1.82) is 0 Å². The van der Waals surface area contributed by atoms with E-state index in [1.54, 1.807) is 18.2 Å². The van der Waals surface area contributed by atoms with E-state index in [4.69, 9.17) is 32.7 Å². The standard InChI is InChI=1S/C19H19Cl2NO3/c20-14-4-6-17-15(12-14)19(23)22-8-7-13-3-5-18(16(21)11-13)25-10-2-1-9-24-17/h3-6,11-12H,1-2,7-10H2,(H,22,23). The van der Waals surface area contributed by atoms with Gasteiger partial charge in [0.25, 0.3) is 5.91 Å². The summed E-state index contributed by atoms with van der Waals surface area (Å²) in [5.41, 5.74) is 1.48. The molecule has 1 N–H and O–H groups in total. The molecule has 2 aromatic carbocycles. The summed E-state index contributed by atoms with van der Waals surface area (Å²) in [6.07, 6.45) is 2.30. The number of hydrogen-bond donors (Lipinski definition) is 1. The van der Waals surface area contributed by atoms with E-state index in [0.29, 0.717) is 53.3 Å². The number of rotatable bonds is 0. The SMILES string of the molecule is O=C1NCCc2ccc(c(Cl)c2)OCCCCOc2ccc(Cl)cc21. The molecular formula is C19H19Cl2NO3. The summed E-state index contributed by atoms with van der Waals surface area (Å²) in [5.74, 6) is 1.03. The maximum Gasteiger partial charge on any atom is 0.255 e. The van der Waals surface area contributed by atoms with Gasteiger partial charge in [0, 0.05) is 11.6 Å². The molecule has 0 aromatic heterocycles. The lowest BCUT2D eigenvalue weighted by Gasteiger charge is -2.14. The Morgan fingerprint density at radius 3 is 2.40 bits per heavy atom. The molecule has 0 unspecified atom stereocenters. The molecule has 0 saturated carbocycles. The highest BCUT2D eigenvalue weighted by molar-refractivity contribution is 6.32. The summed E-state index contributed by atoms with van der Waals surface area (Å²) in [7, 11) is 0. The molecule has 6 heteroatoms. The van der Waals surface area contributed by atoms with E-state index in [1.807, 2.05) is 18.2 Å². The van der Waals surface area contributed by atoms with Gasteiger partial charge in [0.05, 0.1) is 23.8 Å². The van der Waals surface area contributed by atoms with E-state index in [1.165, 1.54) is 0 Å². The maximum absolute atomic E-state index is 12.5. The van der Waals surface area contributed by atoms with Crippen LogP contribution < -0.4 is 14.8 Å². The summed E-state index contributed by atoms with van der Waals surface area (Å²) in [5, 5.41) is 3.99. The third-order valence-corrected chi connectivity index (χ3v) is 4.47. The first-order valence-corrected chi connectivity index (χ1v) is 9.01. The Labute approximate surface area is 157 Å². The second-order valence-corrected chi connectivity index (χ2v) is 6.66. The molecule has 0 atom stereocenters. The molecule has 132 valence electrons. The van der Waals surface area contributed by atoms with Gasteiger partial charge in [-0.15, -0.1) is 0 Å². The van der Waals surface area contributed by atoms with Gasteiger partial charge in [0.2, 0.25) is 0 Å². The Morgan fingerprint density at radius 2 is 1.64 bits per heavy atom. The second kappa shape index (κ2) is 8.45. The molecule has 2 aromatic rings. The van der Waals surface area contributed by atoms with Gasteiger partial charge in [-0.2, -0.15) is 0 Å². The van der Waals surface area contributed by atoms with Crippen LogP contribution in [0.15, 0.2) is 36.4 Å². The van der Waals surface area contributed by atoms with Gasteiger partial charge in [0.15, 0.2) is 0 Å². The summed E-state index contributed by atoms with van der Waals surface area (Å²) < 4.78 is 11.5. The van der Waals surface area contributed by atoms with E-state index in [0.717, 1.165) is 18.4 Å². The Bertz CT molecular complexity index is 764. The van der Waals surface area contributed by atoms with Crippen LogP contribution in [-0.2, 0) is 6.42 Å². The smallest absolute Gasteiger partial charge is 0.255 e. The van der Waals surface area contributed by atoms with Crippen molar-refractivity contribution >= 4 is 29.1 Å². The van der Waals surface area contributed by atoms with Crippen LogP contribution in [0.5, 0.6) is 11.5 Å². The summed E-state index contributed by atoms with van der Waals surface area (Å²) in [6.45, 7) is 1.55. The van der Waals surface area contributed by atoms with Crippen molar-refractivity contribution < 1.29 is 14.3 Å². The Balaban J connectivity index is 1.80. The number of hydrogen-bond acceptors (Lipinski definition) is 3. The van der Waals surface area contributed by atoms with Crippen molar-refractivity contribution in [2.45, 2.75) is 19.3 Å². The lowest BCUT2D eigenvalue weighted by atomic mass is 10.1. The van der Waals surface area contributed by atoms with Gasteiger partial charge in [-0.3, -0.25) is 4.79 Å². The molecule has 1 amide bonds. The molecule has 0 fully saturated rings. The van der Waals surface area contributed by atoms with E-state index in [9.17, 15) is 4.79 Å². The number of carbonyl (C=O) groups excluding carboxylic acids is 1. The van der Waals surface area contributed by atoms with Gasteiger partial charge in [0.1, 0.15) is 11.5 Å². The highest BCUT2D eigenvalue weighted by Gasteiger charge is 2.14. The third kappa shape index (κ3) is 4.80. The number of nitrogens with one attached hydrogen (secondary N) is 1. The molecule has 2 bridgehead atoms. The molecule has 2 aliphatic heterocycles. The predicted molar refractivity (Wildman–Crippen MR) is 99.2 cm³/mol. The fourth-order valence-corrected chi connectivity index (χ4v) is 3.04. The minimum atomic E-state index is -0.198. The number of benzene rings is 2. The maximum atomic E-state index is 12.5. The van der Waals surface area contributed by atoms with Crippen LogP contribution in [-0.4, -0.2) is 25.7 Å². The van der Waals surface area contributed by atoms with Gasteiger partial charge in [-0.25, -0.2) is 0 Å². The minimum absolute atomic E-state index is 0.198. The first-order valence-electron chi connectivity index (χ1n) is 8.25. The number of halogens is 2. The number of fused-ring (bicyclic) bond motifs is 10. The fraction of sp³-hybridized carbons (Fsp3) is 0.316. The normalized spacial score (nSPS) is 15.7. The molecule has 4 nitrogen and oxygen atoms in total. The molecule has 4 rings (SSSR count). The van der Waals surface area contributed by atoms with Crippen molar-refractivity contribution in [2.24, 2.45) is 0 Å². The van der Waals surface area contributed by atoms with Crippen molar-refractivity contribution in [1.82, 2.24) is 5.32 Å². The molecule has 2 heterocycles. The lowest BCUT2D eigenvalue weighted by molar-refractivity contribution is 0.0950. The van der Waals surface area contributed by atoms with Gasteiger partial charge in [-0.1, -0.05) is 29.3 Å². The predicted octanol–water partition coefficient (Wildman–Crippen LogP) is 4.52. The lowest BCUT2D eigenvalue weighted by Crippen LogP contribution is -2.26. The molecule has 2 aliphatic rings. The summed E-state index contributed by atoms with van der Waals surface area (Å²) in [6, 6.07) is 10.8. The zero-order valence-electron chi connectivity index (χ0n) is 13.7. The summed E-state index contributed by atoms with van der Waals surface area (Å²) in [4.78, 5) is 12.5. The molecule has 25 heavy (non-hydrogen) atoms. The van der Waals surface area contributed by atoms with Crippen LogP contribution in [0.1, 0.15) is 28.8 Å². The average molecular weight is 380 g/mol. The van der Waals surface area contributed by atoms with Crippen molar-refractivity contribution in [3.8, 4) is 11.5 Å². The molecule has 0 radical (unpaired) electrons. The highest BCUT2D eigenvalue weighted by Crippen LogP contribution is 2.26. The molecule has 0 spiro atoms. The quantitative estimate of drug-likeness (QED) is 0.731. The van der Waals surface area contributed by atoms with Crippen molar-refractivity contribution in [2.75, 3.05) is 19.8 Å². The van der Waals surface area contributed by atoms with Crippen LogP contribution in [0.3, 0.4) is 0 Å². The van der Waals surface area contributed by atoms with Crippen LogP contribution in [0, 0.1) is 0 Å². The van der Waals surface area contributed by atoms with Crippen LogP contribution in [0.4, 0.5) is 0 Å². The topological polar surface area (TPSA) is 47.6 Å². The van der Waals surface area contributed by atoms with Crippen LogP contribution in [0.25, 0.3) is 0 Å². The van der Waals surface area contributed by atoms with E-state index in [-0.39, 0.29) is 5.91 Å². The van der Waals surface area contributed by atoms with Crippen LogP contribution >= 0.6 is 23.2 Å². The van der Waals surface area contributed by atoms with Crippen molar-refractivity contribution in [3.05, 3.63) is 57.6 Å².